The third-order valence-electron chi connectivity index (χ3n) is 3.69. The van der Waals surface area contributed by atoms with Crippen molar-refractivity contribution >= 4 is 11.6 Å². The van der Waals surface area contributed by atoms with E-state index in [4.69, 9.17) is 9.47 Å². The lowest BCUT2D eigenvalue weighted by atomic mass is 10.3. The molecule has 6 nitrogen and oxygen atoms in total. The number of aryl methyl sites for hydroxylation is 1. The molecule has 3 rings (SSSR count). The van der Waals surface area contributed by atoms with Crippen molar-refractivity contribution in [3.63, 3.8) is 0 Å². The fourth-order valence-electron chi connectivity index (χ4n) is 2.50. The van der Waals surface area contributed by atoms with Crippen LogP contribution in [0.3, 0.4) is 0 Å². The van der Waals surface area contributed by atoms with Gasteiger partial charge < -0.3 is 14.8 Å². The number of hydrogen-bond donors (Lipinski definition) is 1. The summed E-state index contributed by atoms with van der Waals surface area (Å²) in [5.74, 6) is 0.676. The lowest BCUT2D eigenvalue weighted by Crippen LogP contribution is -2.29. The first kappa shape index (κ1) is 16.8. The van der Waals surface area contributed by atoms with E-state index in [2.05, 4.69) is 10.3 Å². The van der Waals surface area contributed by atoms with Crippen LogP contribution < -0.4 is 14.8 Å². The van der Waals surface area contributed by atoms with E-state index in [0.717, 1.165) is 5.75 Å². The number of pyridine rings is 1. The molecule has 0 spiro atoms. The Hall–Kier alpha value is -3.09. The molecule has 1 amide bonds. The maximum Gasteiger partial charge on any atom is 0.270 e. The van der Waals surface area contributed by atoms with E-state index in [-0.39, 0.29) is 5.91 Å². The maximum absolute atomic E-state index is 13.4. The second-order valence-electron chi connectivity index (χ2n) is 5.40. The number of hydrogen-bond acceptors (Lipinski definition) is 4. The van der Waals surface area contributed by atoms with Crippen LogP contribution in [0.2, 0.25) is 0 Å². The summed E-state index contributed by atoms with van der Waals surface area (Å²) in [6, 6.07) is 10.0. The van der Waals surface area contributed by atoms with Crippen LogP contribution in [0, 0.1) is 12.7 Å². The van der Waals surface area contributed by atoms with Crippen molar-refractivity contribution in [3.8, 4) is 11.5 Å². The lowest BCUT2D eigenvalue weighted by molar-refractivity contribution is 0.0940. The molecule has 0 aliphatic heterocycles. The zero-order valence-corrected chi connectivity index (χ0v) is 14.0. The number of nitrogens with one attached hydrogen (secondary N) is 1. The van der Waals surface area contributed by atoms with Gasteiger partial charge in [-0.15, -0.1) is 0 Å². The van der Waals surface area contributed by atoms with E-state index in [9.17, 15) is 9.18 Å². The highest BCUT2D eigenvalue weighted by atomic mass is 19.1. The van der Waals surface area contributed by atoms with E-state index in [1.165, 1.54) is 22.7 Å². The van der Waals surface area contributed by atoms with Gasteiger partial charge in [-0.1, -0.05) is 0 Å². The van der Waals surface area contributed by atoms with Crippen LogP contribution in [-0.4, -0.2) is 35.6 Å². The lowest BCUT2D eigenvalue weighted by Gasteiger charge is -2.09. The molecule has 3 aromatic rings. The molecule has 0 atom stereocenters. The Bertz CT molecular complexity index is 890. The summed E-state index contributed by atoms with van der Waals surface area (Å²) >= 11 is 0. The molecule has 0 aliphatic rings. The molecule has 0 saturated carbocycles. The zero-order chi connectivity index (χ0) is 17.8. The van der Waals surface area contributed by atoms with Crippen LogP contribution in [0.5, 0.6) is 11.5 Å². The molecule has 2 aromatic heterocycles. The van der Waals surface area contributed by atoms with Gasteiger partial charge in [0.1, 0.15) is 35.3 Å². The summed E-state index contributed by atoms with van der Waals surface area (Å²) in [6.45, 7) is 2.34. The summed E-state index contributed by atoms with van der Waals surface area (Å²) in [4.78, 5) is 16.6. The molecule has 1 aromatic carbocycles. The quantitative estimate of drug-likeness (QED) is 0.699. The molecule has 0 bridgehead atoms. The Labute approximate surface area is 144 Å². The van der Waals surface area contributed by atoms with Crippen molar-refractivity contribution in [3.05, 3.63) is 59.8 Å². The Morgan fingerprint density at radius 1 is 1.20 bits per heavy atom. The summed E-state index contributed by atoms with van der Waals surface area (Å²) < 4.78 is 25.5. The highest BCUT2D eigenvalue weighted by Crippen LogP contribution is 2.17. The average molecular weight is 343 g/mol. The van der Waals surface area contributed by atoms with E-state index in [1.54, 1.807) is 38.3 Å². The van der Waals surface area contributed by atoms with Crippen LogP contribution in [0.25, 0.3) is 5.65 Å². The van der Waals surface area contributed by atoms with Crippen molar-refractivity contribution in [1.82, 2.24) is 14.7 Å². The number of rotatable bonds is 6. The van der Waals surface area contributed by atoms with Gasteiger partial charge in [0.15, 0.2) is 0 Å². The van der Waals surface area contributed by atoms with Crippen LogP contribution in [0.15, 0.2) is 42.6 Å². The number of fused-ring (bicyclic) bond motifs is 1. The second-order valence-corrected chi connectivity index (χ2v) is 5.40. The molecule has 0 aliphatic carbocycles. The number of carbonyl (C=O) groups excluding carboxylic acids is 1. The smallest absolute Gasteiger partial charge is 0.270 e. The minimum absolute atomic E-state index is 0.308. The molecule has 25 heavy (non-hydrogen) atoms. The number of aromatic nitrogens is 2. The number of carbonyl (C=O) groups is 1. The largest absolute Gasteiger partial charge is 0.497 e. The predicted molar refractivity (Wildman–Crippen MR) is 90.7 cm³/mol. The summed E-state index contributed by atoms with van der Waals surface area (Å²) in [5, 5.41) is 2.76. The summed E-state index contributed by atoms with van der Waals surface area (Å²) in [5.41, 5.74) is 1.39. The SMILES string of the molecule is COc1ccc(OCCNC(=O)c2c(C)nc3ccc(F)cn23)cc1. The number of amides is 1. The molecule has 0 unspecified atom stereocenters. The third-order valence-corrected chi connectivity index (χ3v) is 3.69. The van der Waals surface area contributed by atoms with Crippen molar-refractivity contribution in [1.29, 1.82) is 0 Å². The Morgan fingerprint density at radius 2 is 1.92 bits per heavy atom. The highest BCUT2D eigenvalue weighted by Gasteiger charge is 2.16. The van der Waals surface area contributed by atoms with E-state index in [1.807, 2.05) is 0 Å². The zero-order valence-electron chi connectivity index (χ0n) is 14.0. The number of methoxy groups -OCH3 is 1. The number of benzene rings is 1. The highest BCUT2D eigenvalue weighted by molar-refractivity contribution is 5.94. The number of nitrogens with zero attached hydrogens (tertiary/aromatic N) is 2. The molecule has 1 N–H and O–H groups in total. The van der Waals surface area contributed by atoms with Gasteiger partial charge in [-0.3, -0.25) is 9.20 Å². The fourth-order valence-corrected chi connectivity index (χ4v) is 2.50. The molecule has 130 valence electrons. The van der Waals surface area contributed by atoms with Crippen molar-refractivity contribution < 1.29 is 18.7 Å². The molecule has 0 saturated heterocycles. The first-order chi connectivity index (χ1) is 12.1. The number of ether oxygens (including phenoxy) is 2. The Kier molecular flexibility index (Phi) is 4.83. The monoisotopic (exact) mass is 343 g/mol. The Morgan fingerprint density at radius 3 is 2.64 bits per heavy atom. The van der Waals surface area contributed by atoms with Gasteiger partial charge in [0.2, 0.25) is 0 Å². The maximum atomic E-state index is 13.4. The van der Waals surface area contributed by atoms with Crippen molar-refractivity contribution in [2.75, 3.05) is 20.3 Å². The normalized spacial score (nSPS) is 10.7. The van der Waals surface area contributed by atoms with Gasteiger partial charge in [-0.05, 0) is 43.3 Å². The van der Waals surface area contributed by atoms with E-state index < -0.39 is 5.82 Å². The van der Waals surface area contributed by atoms with Crippen LogP contribution in [0.1, 0.15) is 16.2 Å². The van der Waals surface area contributed by atoms with Crippen LogP contribution in [0.4, 0.5) is 4.39 Å². The first-order valence-electron chi connectivity index (χ1n) is 7.78. The minimum atomic E-state index is -0.429. The molecule has 2 heterocycles. The molecular weight excluding hydrogens is 325 g/mol. The average Bonchev–Trinajstić information content (AvgIpc) is 2.94. The fraction of sp³-hybridized carbons (Fsp3) is 0.222. The minimum Gasteiger partial charge on any atom is -0.497 e. The van der Waals surface area contributed by atoms with Gasteiger partial charge in [0.25, 0.3) is 5.91 Å². The summed E-state index contributed by atoms with van der Waals surface area (Å²) in [6.07, 6.45) is 1.25. The van der Waals surface area contributed by atoms with Crippen LogP contribution in [-0.2, 0) is 0 Å². The third kappa shape index (κ3) is 3.71. The van der Waals surface area contributed by atoms with Gasteiger partial charge in [-0.25, -0.2) is 9.37 Å². The van der Waals surface area contributed by atoms with Gasteiger partial charge in [0, 0.05) is 6.20 Å². The topological polar surface area (TPSA) is 64.9 Å². The standard InChI is InChI=1S/C18H18FN3O3/c1-12-17(22-11-13(19)3-8-16(22)21-12)18(23)20-9-10-25-15-6-4-14(24-2)5-7-15/h3-8,11H,9-10H2,1-2H3,(H,20,23). The number of halogens is 1. The molecule has 7 heteroatoms. The van der Waals surface area contributed by atoms with Gasteiger partial charge >= 0.3 is 0 Å². The van der Waals surface area contributed by atoms with E-state index >= 15 is 0 Å². The first-order valence-corrected chi connectivity index (χ1v) is 7.78. The molecule has 0 radical (unpaired) electrons. The van der Waals surface area contributed by atoms with Crippen molar-refractivity contribution in [2.45, 2.75) is 6.92 Å². The summed E-state index contributed by atoms with van der Waals surface area (Å²) in [7, 11) is 1.60. The molecule has 0 fully saturated rings. The molecular formula is C18H18FN3O3. The predicted octanol–water partition coefficient (Wildman–Crippen LogP) is 2.60. The van der Waals surface area contributed by atoms with E-state index in [0.29, 0.717) is 35.9 Å². The number of imidazole rings is 1. The van der Waals surface area contributed by atoms with Gasteiger partial charge in [-0.2, -0.15) is 0 Å². The van der Waals surface area contributed by atoms with Crippen LogP contribution >= 0.6 is 0 Å². The Balaban J connectivity index is 1.59. The second kappa shape index (κ2) is 7.21. The van der Waals surface area contributed by atoms with Gasteiger partial charge in [0.05, 0.1) is 19.3 Å². The van der Waals surface area contributed by atoms with Crippen molar-refractivity contribution in [2.24, 2.45) is 0 Å².